The van der Waals surface area contributed by atoms with E-state index >= 15 is 0 Å². The van der Waals surface area contributed by atoms with E-state index in [9.17, 15) is 14.7 Å². The second-order valence-electron chi connectivity index (χ2n) is 8.52. The molecule has 0 atom stereocenters. The fourth-order valence-electron chi connectivity index (χ4n) is 4.00. The number of aromatic carboxylic acids is 1. The number of anilines is 1. The van der Waals surface area contributed by atoms with Crippen LogP contribution in [0.1, 0.15) is 62.4 Å². The van der Waals surface area contributed by atoms with Gasteiger partial charge < -0.3 is 14.7 Å². The van der Waals surface area contributed by atoms with Crippen molar-refractivity contribution in [3.05, 3.63) is 47.7 Å². The van der Waals surface area contributed by atoms with Gasteiger partial charge in [0, 0.05) is 24.2 Å². The number of carbonyl (C=O) groups is 2. The predicted molar refractivity (Wildman–Crippen MR) is 116 cm³/mol. The molecule has 0 bridgehead atoms. The van der Waals surface area contributed by atoms with Crippen molar-refractivity contribution in [3.8, 4) is 11.6 Å². The van der Waals surface area contributed by atoms with Crippen LogP contribution in [0.25, 0.3) is 0 Å². The van der Waals surface area contributed by atoms with Crippen LogP contribution in [-0.4, -0.2) is 28.0 Å². The largest absolute Gasteiger partial charge is 0.478 e. The van der Waals surface area contributed by atoms with Crippen LogP contribution in [0.4, 0.5) is 5.69 Å². The molecule has 1 heterocycles. The first kappa shape index (κ1) is 21.8. The van der Waals surface area contributed by atoms with Gasteiger partial charge in [0.05, 0.1) is 11.3 Å². The van der Waals surface area contributed by atoms with Crippen molar-refractivity contribution in [3.63, 3.8) is 0 Å². The lowest BCUT2D eigenvalue weighted by molar-refractivity contribution is -0.123. The van der Waals surface area contributed by atoms with Crippen molar-refractivity contribution >= 4 is 17.6 Å². The molecule has 0 unspecified atom stereocenters. The highest BCUT2D eigenvalue weighted by atomic mass is 16.5. The molecule has 160 valence electrons. The summed E-state index contributed by atoms with van der Waals surface area (Å²) < 4.78 is 5.76. The number of aryl methyl sites for hydroxylation is 1. The summed E-state index contributed by atoms with van der Waals surface area (Å²) >= 11 is 0. The number of aromatic nitrogens is 1. The number of ether oxygens (including phenoxy) is 1. The zero-order valence-electron chi connectivity index (χ0n) is 18.1. The summed E-state index contributed by atoms with van der Waals surface area (Å²) in [5.74, 6) is 0.265. The second-order valence-corrected chi connectivity index (χ2v) is 8.52. The third-order valence-corrected chi connectivity index (χ3v) is 5.69. The summed E-state index contributed by atoms with van der Waals surface area (Å²) in [4.78, 5) is 31.2. The Hall–Kier alpha value is -2.89. The van der Waals surface area contributed by atoms with Crippen LogP contribution in [0.2, 0.25) is 0 Å². The van der Waals surface area contributed by atoms with Crippen LogP contribution in [-0.2, 0) is 4.79 Å². The number of nitrogens with zero attached hydrogens (tertiary/aromatic N) is 2. The number of pyridine rings is 1. The van der Waals surface area contributed by atoms with Crippen molar-refractivity contribution in [2.45, 2.75) is 59.4 Å². The smallest absolute Gasteiger partial charge is 0.337 e. The van der Waals surface area contributed by atoms with Crippen LogP contribution in [0.5, 0.6) is 11.6 Å². The number of hydrogen-bond acceptors (Lipinski definition) is 4. The molecule has 1 fully saturated rings. The molecule has 0 radical (unpaired) electrons. The Morgan fingerprint density at radius 2 is 1.83 bits per heavy atom. The minimum Gasteiger partial charge on any atom is -0.478 e. The molecule has 0 aliphatic heterocycles. The molecule has 1 aromatic heterocycles. The number of carbonyl (C=O) groups excluding carboxylic acids is 1. The summed E-state index contributed by atoms with van der Waals surface area (Å²) in [7, 11) is 0. The number of carboxylic acids is 1. The van der Waals surface area contributed by atoms with Gasteiger partial charge in [-0.2, -0.15) is 0 Å². The molecule has 2 aromatic rings. The van der Waals surface area contributed by atoms with E-state index in [1.165, 1.54) is 6.07 Å². The van der Waals surface area contributed by atoms with Crippen LogP contribution in [0.15, 0.2) is 36.5 Å². The Morgan fingerprint density at radius 1 is 1.13 bits per heavy atom. The van der Waals surface area contributed by atoms with Crippen molar-refractivity contribution < 1.29 is 19.4 Å². The molecule has 0 saturated heterocycles. The summed E-state index contributed by atoms with van der Waals surface area (Å²) in [5.41, 5.74) is 1.45. The fourth-order valence-corrected chi connectivity index (χ4v) is 4.00. The van der Waals surface area contributed by atoms with Crippen molar-refractivity contribution in [1.29, 1.82) is 0 Å². The Morgan fingerprint density at radius 3 is 2.43 bits per heavy atom. The number of rotatable bonds is 6. The second kappa shape index (κ2) is 9.28. The first-order valence-electron chi connectivity index (χ1n) is 10.6. The summed E-state index contributed by atoms with van der Waals surface area (Å²) in [6.07, 6.45) is 5.41. The quantitative estimate of drug-likeness (QED) is 0.685. The van der Waals surface area contributed by atoms with Crippen LogP contribution in [0, 0.1) is 18.8 Å². The third kappa shape index (κ3) is 4.99. The van der Waals surface area contributed by atoms with E-state index in [2.05, 4.69) is 11.9 Å². The monoisotopic (exact) mass is 410 g/mol. The average molecular weight is 411 g/mol. The topological polar surface area (TPSA) is 79.7 Å². The van der Waals surface area contributed by atoms with E-state index in [0.717, 1.165) is 31.2 Å². The van der Waals surface area contributed by atoms with Crippen LogP contribution in [0.3, 0.4) is 0 Å². The first-order chi connectivity index (χ1) is 14.3. The van der Waals surface area contributed by atoms with Gasteiger partial charge >= 0.3 is 5.97 Å². The number of benzene rings is 1. The molecule has 1 aliphatic carbocycles. The molecule has 1 aromatic carbocycles. The SMILES string of the molecule is Cc1ccnc(Oc2ccc(N(C(=O)C3CCC(C)CC3)C(C)C)c(C(=O)O)c2)c1. The normalized spacial score (nSPS) is 18.8. The van der Waals surface area contributed by atoms with Gasteiger partial charge in [-0.05, 0) is 82.2 Å². The van der Waals surface area contributed by atoms with Gasteiger partial charge in [-0.25, -0.2) is 9.78 Å². The molecule has 6 nitrogen and oxygen atoms in total. The number of amides is 1. The molecule has 1 aliphatic rings. The maximum absolute atomic E-state index is 13.3. The molecule has 30 heavy (non-hydrogen) atoms. The Kier molecular flexibility index (Phi) is 6.75. The third-order valence-electron chi connectivity index (χ3n) is 5.69. The summed E-state index contributed by atoms with van der Waals surface area (Å²) in [6, 6.07) is 8.31. The van der Waals surface area contributed by atoms with E-state index in [1.807, 2.05) is 26.8 Å². The van der Waals surface area contributed by atoms with Crippen molar-refractivity contribution in [1.82, 2.24) is 4.98 Å². The van der Waals surface area contributed by atoms with Crippen molar-refractivity contribution in [2.24, 2.45) is 11.8 Å². The minimum atomic E-state index is -1.09. The molecule has 1 N–H and O–H groups in total. The molecule has 3 rings (SSSR count). The van der Waals surface area contributed by atoms with E-state index in [4.69, 9.17) is 4.74 Å². The van der Waals surface area contributed by atoms with Gasteiger partial charge in [0.2, 0.25) is 11.8 Å². The highest BCUT2D eigenvalue weighted by Gasteiger charge is 2.32. The molecular weight excluding hydrogens is 380 g/mol. The van der Waals surface area contributed by atoms with Crippen LogP contribution < -0.4 is 9.64 Å². The van der Waals surface area contributed by atoms with Gasteiger partial charge in [-0.3, -0.25) is 4.79 Å². The van der Waals surface area contributed by atoms with Gasteiger partial charge in [0.15, 0.2) is 0 Å². The van der Waals surface area contributed by atoms with Gasteiger partial charge in [-0.1, -0.05) is 6.92 Å². The maximum Gasteiger partial charge on any atom is 0.337 e. The molecule has 1 saturated carbocycles. The lowest BCUT2D eigenvalue weighted by Crippen LogP contribution is -2.42. The maximum atomic E-state index is 13.3. The number of carboxylic acid groups (broad SMARTS) is 1. The van der Waals surface area contributed by atoms with E-state index in [1.54, 1.807) is 29.3 Å². The van der Waals surface area contributed by atoms with Gasteiger partial charge in [-0.15, -0.1) is 0 Å². The molecular formula is C24H30N2O4. The standard InChI is InChI=1S/C24H30N2O4/c1-15(2)26(23(27)18-7-5-16(3)6-8-18)21-10-9-19(14-20(21)24(28)29)30-22-13-17(4)11-12-25-22/h9-16,18H,5-8H2,1-4H3,(H,28,29). The highest BCUT2D eigenvalue weighted by molar-refractivity contribution is 6.03. The van der Waals surface area contributed by atoms with Gasteiger partial charge in [0.1, 0.15) is 5.75 Å². The summed E-state index contributed by atoms with van der Waals surface area (Å²) in [5, 5.41) is 9.85. The Balaban J connectivity index is 1.91. The minimum absolute atomic E-state index is 0.00780. The summed E-state index contributed by atoms with van der Waals surface area (Å²) in [6.45, 7) is 7.97. The Bertz CT molecular complexity index is 917. The van der Waals surface area contributed by atoms with Crippen LogP contribution >= 0.6 is 0 Å². The zero-order valence-corrected chi connectivity index (χ0v) is 18.1. The average Bonchev–Trinajstić information content (AvgIpc) is 2.69. The Labute approximate surface area is 177 Å². The van der Waals surface area contributed by atoms with E-state index in [0.29, 0.717) is 23.2 Å². The van der Waals surface area contributed by atoms with Gasteiger partial charge in [0.25, 0.3) is 0 Å². The fraction of sp³-hybridized carbons (Fsp3) is 0.458. The van der Waals surface area contributed by atoms with E-state index < -0.39 is 5.97 Å². The zero-order chi connectivity index (χ0) is 21.8. The molecule has 6 heteroatoms. The number of hydrogen-bond donors (Lipinski definition) is 1. The van der Waals surface area contributed by atoms with E-state index in [-0.39, 0.29) is 23.4 Å². The lowest BCUT2D eigenvalue weighted by atomic mass is 9.82. The highest BCUT2D eigenvalue weighted by Crippen LogP contribution is 2.34. The lowest BCUT2D eigenvalue weighted by Gasteiger charge is -2.34. The predicted octanol–water partition coefficient (Wildman–Crippen LogP) is 5.45. The first-order valence-corrected chi connectivity index (χ1v) is 10.6. The molecule has 0 spiro atoms. The molecule has 1 amide bonds. The van der Waals surface area contributed by atoms with Crippen molar-refractivity contribution in [2.75, 3.05) is 4.90 Å².